The molecule has 124 valence electrons. The Bertz CT molecular complexity index is 700. The third-order valence-electron chi connectivity index (χ3n) is 3.42. The van der Waals surface area contributed by atoms with Crippen molar-refractivity contribution in [2.24, 2.45) is 10.3 Å². The van der Waals surface area contributed by atoms with Crippen molar-refractivity contribution in [2.75, 3.05) is 10.6 Å². The molecule has 4 N–H and O–H groups in total. The van der Waals surface area contributed by atoms with E-state index in [2.05, 4.69) is 20.9 Å². The zero-order valence-corrected chi connectivity index (χ0v) is 13.3. The maximum atomic E-state index is 12.0. The van der Waals surface area contributed by atoms with Gasteiger partial charge in [-0.3, -0.25) is 0 Å². The van der Waals surface area contributed by atoms with Crippen LogP contribution in [-0.2, 0) is 0 Å². The van der Waals surface area contributed by atoms with Gasteiger partial charge in [0.1, 0.15) is 0 Å². The van der Waals surface area contributed by atoms with E-state index in [0.29, 0.717) is 22.8 Å². The summed E-state index contributed by atoms with van der Waals surface area (Å²) in [5, 5.41) is 29.1. The maximum Gasteiger partial charge on any atom is 0.323 e. The van der Waals surface area contributed by atoms with Crippen LogP contribution in [0, 0.1) is 0 Å². The minimum atomic E-state index is -0.379. The number of urea groups is 1. The van der Waals surface area contributed by atoms with Gasteiger partial charge in [-0.15, -0.1) is 0 Å². The number of nitrogens with zero attached hydrogens (tertiary/aromatic N) is 2. The fraction of sp³-hybridized carbons (Fsp3) is 0.118. The number of oxime groups is 2. The SMILES string of the molecule is C/C(=N/O)c1ccc(NC(=O)Nc2ccc(/C(C)=N\O)cc2)cc1. The average molecular weight is 326 g/mol. The highest BCUT2D eigenvalue weighted by Gasteiger charge is 2.05. The molecule has 2 aromatic carbocycles. The van der Waals surface area contributed by atoms with Crippen molar-refractivity contribution in [3.63, 3.8) is 0 Å². The second-order valence-electron chi connectivity index (χ2n) is 5.10. The van der Waals surface area contributed by atoms with E-state index in [4.69, 9.17) is 10.4 Å². The summed E-state index contributed by atoms with van der Waals surface area (Å²) in [5.41, 5.74) is 3.74. The van der Waals surface area contributed by atoms with Gasteiger partial charge in [-0.05, 0) is 49.2 Å². The molecule has 2 rings (SSSR count). The maximum absolute atomic E-state index is 12.0. The Morgan fingerprint density at radius 2 is 1.08 bits per heavy atom. The van der Waals surface area contributed by atoms with Crippen LogP contribution in [0.15, 0.2) is 58.8 Å². The summed E-state index contributed by atoms with van der Waals surface area (Å²) in [6, 6.07) is 13.5. The number of amides is 2. The molecule has 0 fully saturated rings. The van der Waals surface area contributed by atoms with Crippen molar-refractivity contribution in [3.05, 3.63) is 59.7 Å². The molecule has 0 aromatic heterocycles. The number of carbonyl (C=O) groups is 1. The van der Waals surface area contributed by atoms with Crippen LogP contribution in [0.3, 0.4) is 0 Å². The molecule has 0 aliphatic rings. The second-order valence-corrected chi connectivity index (χ2v) is 5.10. The van der Waals surface area contributed by atoms with Crippen molar-refractivity contribution < 1.29 is 15.2 Å². The lowest BCUT2D eigenvalue weighted by atomic mass is 10.1. The van der Waals surface area contributed by atoms with Crippen LogP contribution < -0.4 is 10.6 Å². The van der Waals surface area contributed by atoms with Crippen LogP contribution >= 0.6 is 0 Å². The number of anilines is 2. The van der Waals surface area contributed by atoms with Gasteiger partial charge >= 0.3 is 6.03 Å². The van der Waals surface area contributed by atoms with Gasteiger partial charge < -0.3 is 21.0 Å². The molecular formula is C17H18N4O3. The second kappa shape index (κ2) is 7.77. The molecule has 0 saturated heterocycles. The first kappa shape index (κ1) is 17.0. The van der Waals surface area contributed by atoms with Crippen molar-refractivity contribution in [3.8, 4) is 0 Å². The summed E-state index contributed by atoms with van der Waals surface area (Å²) in [5.74, 6) is 0. The number of rotatable bonds is 4. The summed E-state index contributed by atoms with van der Waals surface area (Å²) in [6.45, 7) is 3.37. The van der Waals surface area contributed by atoms with Gasteiger partial charge in [0.05, 0.1) is 11.4 Å². The van der Waals surface area contributed by atoms with Crippen LogP contribution in [0.1, 0.15) is 25.0 Å². The van der Waals surface area contributed by atoms with Crippen molar-refractivity contribution in [1.82, 2.24) is 0 Å². The minimum absolute atomic E-state index is 0.379. The van der Waals surface area contributed by atoms with Gasteiger partial charge in [-0.2, -0.15) is 0 Å². The quantitative estimate of drug-likeness (QED) is 0.391. The fourth-order valence-corrected chi connectivity index (χ4v) is 2.00. The van der Waals surface area contributed by atoms with Crippen LogP contribution in [0.25, 0.3) is 0 Å². The predicted molar refractivity (Wildman–Crippen MR) is 93.5 cm³/mol. The standard InChI is InChI=1S/C17H18N4O3/c1-11(20-23)13-3-7-15(8-4-13)18-17(22)19-16-9-5-14(6-10-16)12(2)21-24/h3-10,23-24H,1-2H3,(H2,18,19,22)/b20-11-,21-12-. The van der Waals surface area contributed by atoms with Gasteiger partial charge in [0.2, 0.25) is 0 Å². The molecule has 0 aliphatic carbocycles. The van der Waals surface area contributed by atoms with E-state index in [-0.39, 0.29) is 6.03 Å². The molecule has 2 amide bonds. The van der Waals surface area contributed by atoms with E-state index in [1.165, 1.54) is 0 Å². The van der Waals surface area contributed by atoms with Crippen LogP contribution in [0.2, 0.25) is 0 Å². The van der Waals surface area contributed by atoms with Gasteiger partial charge in [0.15, 0.2) is 0 Å². The van der Waals surface area contributed by atoms with E-state index in [9.17, 15) is 4.79 Å². The topological polar surface area (TPSA) is 106 Å². The Labute approximate surface area is 139 Å². The molecule has 0 aliphatic heterocycles. The number of benzene rings is 2. The van der Waals surface area contributed by atoms with Gasteiger partial charge in [-0.25, -0.2) is 4.79 Å². The molecule has 0 atom stereocenters. The third kappa shape index (κ3) is 4.33. The normalized spacial score (nSPS) is 11.9. The molecular weight excluding hydrogens is 308 g/mol. The Balaban J connectivity index is 1.98. The number of hydrogen-bond acceptors (Lipinski definition) is 5. The number of hydrogen-bond donors (Lipinski definition) is 4. The zero-order chi connectivity index (χ0) is 17.5. The Morgan fingerprint density at radius 1 is 0.750 bits per heavy atom. The van der Waals surface area contributed by atoms with Crippen LogP contribution in [0.4, 0.5) is 16.2 Å². The molecule has 0 heterocycles. The lowest BCUT2D eigenvalue weighted by molar-refractivity contribution is 0.262. The molecule has 2 aromatic rings. The molecule has 0 radical (unpaired) electrons. The summed E-state index contributed by atoms with van der Waals surface area (Å²) in [6.07, 6.45) is 0. The Morgan fingerprint density at radius 3 is 1.38 bits per heavy atom. The monoisotopic (exact) mass is 326 g/mol. The molecule has 7 nitrogen and oxygen atoms in total. The predicted octanol–water partition coefficient (Wildman–Crippen LogP) is 3.73. The number of carbonyl (C=O) groups excluding carboxylic acids is 1. The van der Waals surface area contributed by atoms with Gasteiger partial charge in [0.25, 0.3) is 0 Å². The minimum Gasteiger partial charge on any atom is -0.411 e. The van der Waals surface area contributed by atoms with Crippen LogP contribution in [-0.4, -0.2) is 27.9 Å². The largest absolute Gasteiger partial charge is 0.411 e. The third-order valence-corrected chi connectivity index (χ3v) is 3.42. The molecule has 0 spiro atoms. The highest BCUT2D eigenvalue weighted by Crippen LogP contribution is 2.13. The summed E-state index contributed by atoms with van der Waals surface area (Å²) < 4.78 is 0. The highest BCUT2D eigenvalue weighted by atomic mass is 16.4. The van der Waals surface area contributed by atoms with Crippen molar-refractivity contribution in [2.45, 2.75) is 13.8 Å². The fourth-order valence-electron chi connectivity index (χ4n) is 2.00. The average Bonchev–Trinajstić information content (AvgIpc) is 2.61. The van der Waals surface area contributed by atoms with Gasteiger partial charge in [-0.1, -0.05) is 34.6 Å². The first-order valence-corrected chi connectivity index (χ1v) is 7.19. The molecule has 24 heavy (non-hydrogen) atoms. The molecule has 0 unspecified atom stereocenters. The van der Waals surface area contributed by atoms with Crippen LogP contribution in [0.5, 0.6) is 0 Å². The summed E-state index contributed by atoms with van der Waals surface area (Å²) >= 11 is 0. The molecule has 7 heteroatoms. The number of nitrogens with one attached hydrogen (secondary N) is 2. The van der Waals surface area contributed by atoms with E-state index in [0.717, 1.165) is 11.1 Å². The first-order valence-electron chi connectivity index (χ1n) is 7.19. The van der Waals surface area contributed by atoms with Gasteiger partial charge in [0, 0.05) is 11.4 Å². The van der Waals surface area contributed by atoms with Crippen molar-refractivity contribution in [1.29, 1.82) is 0 Å². The smallest absolute Gasteiger partial charge is 0.323 e. The lowest BCUT2D eigenvalue weighted by Gasteiger charge is -2.09. The Hall–Kier alpha value is -3.35. The van der Waals surface area contributed by atoms with E-state index in [1.807, 2.05) is 0 Å². The van der Waals surface area contributed by atoms with E-state index >= 15 is 0 Å². The highest BCUT2D eigenvalue weighted by molar-refractivity contribution is 6.02. The zero-order valence-electron chi connectivity index (χ0n) is 13.3. The van der Waals surface area contributed by atoms with Crippen molar-refractivity contribution >= 4 is 28.8 Å². The van der Waals surface area contributed by atoms with E-state index in [1.54, 1.807) is 62.4 Å². The summed E-state index contributed by atoms with van der Waals surface area (Å²) in [7, 11) is 0. The van der Waals surface area contributed by atoms with E-state index < -0.39 is 0 Å². The molecule has 0 bridgehead atoms. The Kier molecular flexibility index (Phi) is 5.51. The lowest BCUT2D eigenvalue weighted by Crippen LogP contribution is -2.19. The summed E-state index contributed by atoms with van der Waals surface area (Å²) in [4.78, 5) is 12.0. The molecule has 0 saturated carbocycles. The first-order chi connectivity index (χ1) is 11.5.